The lowest BCUT2D eigenvalue weighted by Gasteiger charge is -2.22. The second kappa shape index (κ2) is 11.8. The molecule has 0 aliphatic rings. The lowest BCUT2D eigenvalue weighted by Crippen LogP contribution is -2.33. The van der Waals surface area contributed by atoms with Crippen molar-refractivity contribution in [3.63, 3.8) is 0 Å². The van der Waals surface area contributed by atoms with Crippen molar-refractivity contribution in [2.45, 2.75) is 31.6 Å². The molecule has 0 saturated heterocycles. The molecule has 0 unspecified atom stereocenters. The number of carbonyl (C=O) groups excluding carboxylic acids is 2. The van der Waals surface area contributed by atoms with Crippen molar-refractivity contribution >= 4 is 40.9 Å². The van der Waals surface area contributed by atoms with E-state index >= 15 is 0 Å². The Hall–Kier alpha value is -3.17. The lowest BCUT2D eigenvalue weighted by molar-refractivity contribution is -0.113. The Balaban J connectivity index is 1.74. The number of halogens is 2. The van der Waals surface area contributed by atoms with Crippen LogP contribution in [0, 0.1) is 11.7 Å². The topological polar surface area (TPSA) is 88.9 Å². The number of benzene rings is 2. The average molecular weight is 502 g/mol. The van der Waals surface area contributed by atoms with Crippen molar-refractivity contribution in [2.24, 2.45) is 5.92 Å². The van der Waals surface area contributed by atoms with E-state index in [9.17, 15) is 14.0 Å². The maximum atomic E-state index is 13.3. The third kappa shape index (κ3) is 6.45. The Kier molecular flexibility index (Phi) is 8.84. The van der Waals surface area contributed by atoms with Crippen molar-refractivity contribution in [1.82, 2.24) is 20.1 Å². The van der Waals surface area contributed by atoms with Gasteiger partial charge in [0.15, 0.2) is 11.0 Å². The molecule has 0 aliphatic heterocycles. The van der Waals surface area contributed by atoms with Crippen LogP contribution in [0.5, 0.6) is 0 Å². The third-order valence-corrected chi connectivity index (χ3v) is 6.12. The van der Waals surface area contributed by atoms with E-state index in [4.69, 9.17) is 11.6 Å². The molecule has 0 radical (unpaired) electrons. The zero-order valence-corrected chi connectivity index (χ0v) is 20.4. The van der Waals surface area contributed by atoms with Gasteiger partial charge in [-0.3, -0.25) is 9.59 Å². The van der Waals surface area contributed by atoms with Gasteiger partial charge in [0, 0.05) is 17.8 Å². The van der Waals surface area contributed by atoms with E-state index in [1.807, 2.05) is 24.5 Å². The number of allylic oxidation sites excluding steroid dienone is 1. The van der Waals surface area contributed by atoms with E-state index in [-0.39, 0.29) is 28.5 Å². The van der Waals surface area contributed by atoms with Crippen molar-refractivity contribution in [3.8, 4) is 0 Å². The van der Waals surface area contributed by atoms with Crippen molar-refractivity contribution < 1.29 is 14.0 Å². The molecule has 1 atom stereocenters. The first-order valence-electron chi connectivity index (χ1n) is 10.6. The van der Waals surface area contributed by atoms with Gasteiger partial charge in [-0.25, -0.2) is 4.39 Å². The van der Waals surface area contributed by atoms with Gasteiger partial charge in [0.25, 0.3) is 5.91 Å². The molecule has 7 nitrogen and oxygen atoms in total. The number of anilines is 1. The number of thioether (sulfide) groups is 1. The fraction of sp³-hybridized carbons (Fsp3) is 0.250. The van der Waals surface area contributed by atoms with E-state index in [0.717, 1.165) is 0 Å². The summed E-state index contributed by atoms with van der Waals surface area (Å²) in [5.41, 5.74) is 0.948. The summed E-state index contributed by atoms with van der Waals surface area (Å²) in [4.78, 5) is 25.2. The Labute approximate surface area is 206 Å². The highest BCUT2D eigenvalue weighted by molar-refractivity contribution is 7.99. The molecular weight excluding hydrogens is 477 g/mol. The predicted octanol–water partition coefficient (Wildman–Crippen LogP) is 5.11. The van der Waals surface area contributed by atoms with Gasteiger partial charge in [-0.2, -0.15) is 0 Å². The summed E-state index contributed by atoms with van der Waals surface area (Å²) in [6.45, 7) is 8.17. The van der Waals surface area contributed by atoms with E-state index in [1.165, 1.54) is 30.0 Å². The van der Waals surface area contributed by atoms with E-state index in [1.54, 1.807) is 30.3 Å². The highest BCUT2D eigenvalue weighted by atomic mass is 35.5. The normalized spacial score (nSPS) is 11.8. The van der Waals surface area contributed by atoms with Gasteiger partial charge < -0.3 is 15.2 Å². The largest absolute Gasteiger partial charge is 0.342 e. The molecule has 0 fully saturated rings. The maximum Gasteiger partial charge on any atom is 0.251 e. The van der Waals surface area contributed by atoms with Gasteiger partial charge >= 0.3 is 0 Å². The van der Waals surface area contributed by atoms with Crippen LogP contribution in [0.4, 0.5) is 10.1 Å². The van der Waals surface area contributed by atoms with Crippen LogP contribution in [-0.4, -0.2) is 32.3 Å². The third-order valence-electron chi connectivity index (χ3n) is 4.86. The minimum atomic E-state index is -0.557. The zero-order valence-electron chi connectivity index (χ0n) is 18.8. The van der Waals surface area contributed by atoms with Crippen LogP contribution >= 0.6 is 23.4 Å². The summed E-state index contributed by atoms with van der Waals surface area (Å²) in [6.07, 6.45) is 1.70. The van der Waals surface area contributed by atoms with Crippen LogP contribution in [0.1, 0.15) is 36.1 Å². The van der Waals surface area contributed by atoms with E-state index in [0.29, 0.717) is 28.8 Å². The van der Waals surface area contributed by atoms with Crippen LogP contribution in [0.2, 0.25) is 5.02 Å². The Morgan fingerprint density at radius 3 is 2.59 bits per heavy atom. The number of carbonyl (C=O) groups is 2. The molecule has 178 valence electrons. The van der Waals surface area contributed by atoms with E-state index < -0.39 is 11.9 Å². The summed E-state index contributed by atoms with van der Waals surface area (Å²) in [5, 5.41) is 14.7. The number of amides is 2. The van der Waals surface area contributed by atoms with Gasteiger partial charge in [-0.05, 0) is 36.2 Å². The Morgan fingerprint density at radius 2 is 1.94 bits per heavy atom. The highest BCUT2D eigenvalue weighted by Gasteiger charge is 2.26. The number of nitrogens with zero attached hydrogens (tertiary/aromatic N) is 3. The first kappa shape index (κ1) is 25.5. The van der Waals surface area contributed by atoms with E-state index in [2.05, 4.69) is 27.4 Å². The van der Waals surface area contributed by atoms with Crippen LogP contribution in [0.3, 0.4) is 0 Å². The van der Waals surface area contributed by atoms with Crippen molar-refractivity contribution in [2.75, 3.05) is 11.1 Å². The molecule has 3 aromatic rings. The fourth-order valence-corrected chi connectivity index (χ4v) is 4.12. The van der Waals surface area contributed by atoms with Gasteiger partial charge in [-0.1, -0.05) is 61.5 Å². The molecule has 1 heterocycles. The molecule has 3 rings (SSSR count). The van der Waals surface area contributed by atoms with Gasteiger partial charge in [0.2, 0.25) is 5.91 Å². The quantitative estimate of drug-likeness (QED) is 0.297. The summed E-state index contributed by atoms with van der Waals surface area (Å²) in [7, 11) is 0. The summed E-state index contributed by atoms with van der Waals surface area (Å²) in [5.74, 6) is -0.415. The monoisotopic (exact) mass is 501 g/mol. The smallest absolute Gasteiger partial charge is 0.251 e. The van der Waals surface area contributed by atoms with Crippen LogP contribution < -0.4 is 10.6 Å². The molecule has 34 heavy (non-hydrogen) atoms. The number of aromatic nitrogens is 3. The van der Waals surface area contributed by atoms with Gasteiger partial charge in [0.05, 0.1) is 16.8 Å². The number of rotatable bonds is 10. The Bertz CT molecular complexity index is 1170. The van der Waals surface area contributed by atoms with Crippen LogP contribution in [0.15, 0.2) is 66.3 Å². The second-order valence-corrected chi connectivity index (χ2v) is 9.12. The molecule has 0 spiro atoms. The average Bonchev–Trinajstić information content (AvgIpc) is 3.21. The van der Waals surface area contributed by atoms with Crippen LogP contribution in [-0.2, 0) is 11.3 Å². The molecule has 10 heteroatoms. The molecular formula is C24H25ClFN5O2S. The zero-order chi connectivity index (χ0) is 24.7. The summed E-state index contributed by atoms with van der Waals surface area (Å²) >= 11 is 6.96. The Morgan fingerprint density at radius 1 is 1.21 bits per heavy atom. The predicted molar refractivity (Wildman–Crippen MR) is 132 cm³/mol. The molecule has 2 aromatic carbocycles. The highest BCUT2D eigenvalue weighted by Crippen LogP contribution is 2.26. The molecule has 0 aliphatic carbocycles. The molecule has 2 N–H and O–H groups in total. The second-order valence-electron chi connectivity index (χ2n) is 7.77. The minimum Gasteiger partial charge on any atom is -0.342 e. The molecule has 2 amide bonds. The summed E-state index contributed by atoms with van der Waals surface area (Å²) < 4.78 is 15.2. The summed E-state index contributed by atoms with van der Waals surface area (Å²) in [6, 6.07) is 12.5. The number of nitrogens with one attached hydrogen (secondary N) is 2. The molecule has 1 aromatic heterocycles. The first-order chi connectivity index (χ1) is 16.3. The fourth-order valence-electron chi connectivity index (χ4n) is 3.18. The van der Waals surface area contributed by atoms with Gasteiger partial charge in [-0.15, -0.1) is 16.8 Å². The maximum absolute atomic E-state index is 13.3. The lowest BCUT2D eigenvalue weighted by atomic mass is 10.0. The SMILES string of the molecule is C=CCn1c(SCC(=O)Nc2ccc(F)c(Cl)c2)nnc1[C@@H](NC(=O)c1ccccc1)C(C)C. The molecule has 0 bridgehead atoms. The van der Waals surface area contributed by atoms with Crippen LogP contribution in [0.25, 0.3) is 0 Å². The van der Waals surface area contributed by atoms with Crippen molar-refractivity contribution in [1.29, 1.82) is 0 Å². The molecule has 0 saturated carbocycles. The minimum absolute atomic E-state index is 0.0322. The standard InChI is InChI=1S/C24H25ClFN5O2S/c1-4-12-31-22(21(15(2)3)28-23(33)16-8-6-5-7-9-16)29-30-24(31)34-14-20(32)27-17-10-11-19(26)18(25)13-17/h4-11,13,15,21H,1,12,14H2,2-3H3,(H,27,32)(H,28,33)/t21-/m0/s1. The number of hydrogen-bond acceptors (Lipinski definition) is 5. The first-order valence-corrected chi connectivity index (χ1v) is 11.9. The van der Waals surface area contributed by atoms with Gasteiger partial charge in [0.1, 0.15) is 5.82 Å². The number of hydrogen-bond donors (Lipinski definition) is 2. The van der Waals surface area contributed by atoms with Crippen molar-refractivity contribution in [3.05, 3.63) is 83.4 Å².